The third-order valence-corrected chi connectivity index (χ3v) is 4.67. The summed E-state index contributed by atoms with van der Waals surface area (Å²) < 4.78 is 5.50. The molecule has 0 aliphatic carbocycles. The number of amides is 1. The molecule has 3 rings (SSSR count). The third-order valence-electron chi connectivity index (χ3n) is 4.67. The number of hydrogen-bond acceptors (Lipinski definition) is 5. The molecule has 0 unspecified atom stereocenters. The van der Waals surface area contributed by atoms with Gasteiger partial charge in [-0.3, -0.25) is 4.79 Å². The summed E-state index contributed by atoms with van der Waals surface area (Å²) in [6.45, 7) is 5.09. The lowest BCUT2D eigenvalue weighted by Crippen LogP contribution is -2.49. The van der Waals surface area contributed by atoms with Gasteiger partial charge in [0.15, 0.2) is 0 Å². The topological polar surface area (TPSA) is 87.9 Å². The minimum atomic E-state index is -0.564. The second-order valence-corrected chi connectivity index (χ2v) is 6.80. The van der Waals surface area contributed by atoms with Crippen LogP contribution in [0.4, 0.5) is 0 Å². The molecule has 0 atom stereocenters. The molecule has 6 heteroatoms. The lowest BCUT2D eigenvalue weighted by Gasteiger charge is -2.38. The Kier molecular flexibility index (Phi) is 5.29. The minimum absolute atomic E-state index is 0.145. The first-order chi connectivity index (χ1) is 12.5. The van der Waals surface area contributed by atoms with Crippen LogP contribution in [0, 0.1) is 11.3 Å². The quantitative estimate of drug-likeness (QED) is 0.916. The predicted octanol–water partition coefficient (Wildman–Crippen LogP) is 2.91. The zero-order valence-corrected chi connectivity index (χ0v) is 15.0. The summed E-state index contributed by atoms with van der Waals surface area (Å²) in [5.74, 6) is 0.552. The van der Waals surface area contributed by atoms with E-state index in [4.69, 9.17) is 4.74 Å². The van der Waals surface area contributed by atoms with E-state index in [0.29, 0.717) is 43.1 Å². The Bertz CT molecular complexity index is 836. The maximum Gasteiger partial charge on any atom is 0.270 e. The number of aromatic nitrogens is 2. The van der Waals surface area contributed by atoms with Crippen molar-refractivity contribution in [2.24, 2.45) is 0 Å². The van der Waals surface area contributed by atoms with Gasteiger partial charge in [0, 0.05) is 25.3 Å². The van der Waals surface area contributed by atoms with Crippen molar-refractivity contribution in [3.63, 3.8) is 0 Å². The first kappa shape index (κ1) is 18.0. The number of ether oxygens (including phenoxy) is 1. The van der Waals surface area contributed by atoms with E-state index in [1.54, 1.807) is 18.3 Å². The maximum absolute atomic E-state index is 12.9. The highest BCUT2D eigenvalue weighted by molar-refractivity contribution is 5.92. The van der Waals surface area contributed by atoms with Crippen molar-refractivity contribution < 1.29 is 9.53 Å². The van der Waals surface area contributed by atoms with E-state index in [1.807, 2.05) is 32.0 Å². The van der Waals surface area contributed by atoms with E-state index in [9.17, 15) is 10.1 Å². The Balaban J connectivity index is 1.92. The first-order valence-electron chi connectivity index (χ1n) is 8.78. The molecule has 6 nitrogen and oxygen atoms in total. The molecule has 1 aromatic carbocycles. The first-order valence-corrected chi connectivity index (χ1v) is 8.78. The van der Waals surface area contributed by atoms with Crippen molar-refractivity contribution in [1.29, 1.82) is 5.26 Å². The highest BCUT2D eigenvalue weighted by atomic mass is 16.5. The summed E-state index contributed by atoms with van der Waals surface area (Å²) in [6, 6.07) is 11.2. The van der Waals surface area contributed by atoms with Crippen LogP contribution >= 0.6 is 0 Å². The Morgan fingerprint density at radius 3 is 2.77 bits per heavy atom. The van der Waals surface area contributed by atoms with E-state index in [1.165, 1.54) is 0 Å². The van der Waals surface area contributed by atoms with Gasteiger partial charge in [0.1, 0.15) is 11.5 Å². The number of hydrogen-bond donors (Lipinski definition) is 1. The lowest BCUT2D eigenvalue weighted by atomic mass is 9.82. The standard InChI is InChI=1S/C20H22N4O2/c1-14(2)18-22-9-6-17(23-18)19(25)24-20(7-10-26-11-8-20)16-5-3-4-15(12-16)13-21/h3-6,9,12,14H,7-8,10-11H2,1-2H3,(H,24,25). The predicted molar refractivity (Wildman–Crippen MR) is 96.5 cm³/mol. The van der Waals surface area contributed by atoms with E-state index in [0.717, 1.165) is 5.56 Å². The van der Waals surface area contributed by atoms with Crippen LogP contribution in [0.1, 0.15) is 60.0 Å². The molecule has 1 aromatic heterocycles. The van der Waals surface area contributed by atoms with Crippen LogP contribution in [-0.2, 0) is 10.3 Å². The second-order valence-electron chi connectivity index (χ2n) is 6.80. The molecule has 2 aromatic rings. The molecular weight excluding hydrogens is 328 g/mol. The molecule has 0 bridgehead atoms. The van der Waals surface area contributed by atoms with Crippen LogP contribution in [0.5, 0.6) is 0 Å². The molecule has 1 saturated heterocycles. The normalized spacial score (nSPS) is 16.1. The van der Waals surface area contributed by atoms with Gasteiger partial charge in [-0.05, 0) is 36.6 Å². The van der Waals surface area contributed by atoms with Crippen LogP contribution in [-0.4, -0.2) is 29.1 Å². The molecule has 0 saturated carbocycles. The van der Waals surface area contributed by atoms with Gasteiger partial charge in [0.25, 0.3) is 5.91 Å². The van der Waals surface area contributed by atoms with Gasteiger partial charge in [0.05, 0.1) is 17.2 Å². The molecule has 2 heterocycles. The summed E-state index contributed by atoms with van der Waals surface area (Å²) in [5, 5.41) is 12.4. The molecule has 1 fully saturated rings. The molecule has 1 N–H and O–H groups in total. The van der Waals surface area contributed by atoms with Crippen molar-refractivity contribution in [3.8, 4) is 6.07 Å². The number of nitriles is 1. The molecule has 1 aliphatic rings. The van der Waals surface area contributed by atoms with Gasteiger partial charge in [-0.25, -0.2) is 9.97 Å². The van der Waals surface area contributed by atoms with Gasteiger partial charge < -0.3 is 10.1 Å². The van der Waals surface area contributed by atoms with Gasteiger partial charge in [0.2, 0.25) is 0 Å². The highest BCUT2D eigenvalue weighted by Crippen LogP contribution is 2.33. The molecule has 0 radical (unpaired) electrons. The van der Waals surface area contributed by atoms with Gasteiger partial charge in [-0.15, -0.1) is 0 Å². The van der Waals surface area contributed by atoms with Crippen LogP contribution in [0.2, 0.25) is 0 Å². The largest absolute Gasteiger partial charge is 0.381 e. The fourth-order valence-electron chi connectivity index (χ4n) is 3.15. The number of carbonyl (C=O) groups excluding carboxylic acids is 1. The van der Waals surface area contributed by atoms with E-state index < -0.39 is 5.54 Å². The molecule has 1 amide bonds. The van der Waals surface area contributed by atoms with E-state index >= 15 is 0 Å². The van der Waals surface area contributed by atoms with Crippen molar-refractivity contribution in [3.05, 3.63) is 59.2 Å². The minimum Gasteiger partial charge on any atom is -0.381 e. The number of nitrogens with zero attached hydrogens (tertiary/aromatic N) is 3. The highest BCUT2D eigenvalue weighted by Gasteiger charge is 2.36. The Labute approximate surface area is 153 Å². The third kappa shape index (κ3) is 3.73. The second kappa shape index (κ2) is 7.63. The SMILES string of the molecule is CC(C)c1nccc(C(=O)NC2(c3cccc(C#N)c3)CCOCC2)n1. The fraction of sp³-hybridized carbons (Fsp3) is 0.400. The number of nitrogens with one attached hydrogen (secondary N) is 1. The molecule has 26 heavy (non-hydrogen) atoms. The summed E-state index contributed by atoms with van der Waals surface area (Å²) in [5.41, 5.74) is 1.29. The van der Waals surface area contributed by atoms with Crippen molar-refractivity contribution in [2.75, 3.05) is 13.2 Å². The maximum atomic E-state index is 12.9. The molecular formula is C20H22N4O2. The smallest absolute Gasteiger partial charge is 0.270 e. The summed E-state index contributed by atoms with van der Waals surface area (Å²) in [4.78, 5) is 21.5. The van der Waals surface area contributed by atoms with Crippen LogP contribution in [0.3, 0.4) is 0 Å². The van der Waals surface area contributed by atoms with Gasteiger partial charge in [-0.2, -0.15) is 5.26 Å². The Morgan fingerprint density at radius 2 is 2.08 bits per heavy atom. The van der Waals surface area contributed by atoms with Crippen molar-refractivity contribution in [2.45, 2.75) is 38.1 Å². The Morgan fingerprint density at radius 1 is 1.31 bits per heavy atom. The monoisotopic (exact) mass is 350 g/mol. The number of benzene rings is 1. The Hall–Kier alpha value is -2.78. The average molecular weight is 350 g/mol. The van der Waals surface area contributed by atoms with Gasteiger partial charge in [-0.1, -0.05) is 26.0 Å². The molecule has 1 aliphatic heterocycles. The zero-order valence-electron chi connectivity index (χ0n) is 15.0. The fourth-order valence-corrected chi connectivity index (χ4v) is 3.15. The van der Waals surface area contributed by atoms with Crippen LogP contribution < -0.4 is 5.32 Å². The number of carbonyl (C=O) groups is 1. The molecule has 134 valence electrons. The van der Waals surface area contributed by atoms with E-state index in [-0.39, 0.29) is 11.8 Å². The average Bonchev–Trinajstić information content (AvgIpc) is 2.68. The summed E-state index contributed by atoms with van der Waals surface area (Å²) in [7, 11) is 0. The zero-order chi connectivity index (χ0) is 18.6. The van der Waals surface area contributed by atoms with Crippen molar-refractivity contribution >= 4 is 5.91 Å². The molecule has 0 spiro atoms. The van der Waals surface area contributed by atoms with Crippen LogP contribution in [0.15, 0.2) is 36.5 Å². The number of rotatable bonds is 4. The summed E-state index contributed by atoms with van der Waals surface area (Å²) in [6.07, 6.45) is 2.91. The van der Waals surface area contributed by atoms with E-state index in [2.05, 4.69) is 21.4 Å². The van der Waals surface area contributed by atoms with Gasteiger partial charge >= 0.3 is 0 Å². The van der Waals surface area contributed by atoms with Crippen molar-refractivity contribution in [1.82, 2.24) is 15.3 Å². The van der Waals surface area contributed by atoms with Crippen LogP contribution in [0.25, 0.3) is 0 Å². The summed E-state index contributed by atoms with van der Waals surface area (Å²) >= 11 is 0. The lowest BCUT2D eigenvalue weighted by molar-refractivity contribution is 0.0344.